The minimum absolute atomic E-state index is 0.0332. The van der Waals surface area contributed by atoms with Gasteiger partial charge in [0.05, 0.1) is 13.7 Å². The lowest BCUT2D eigenvalue weighted by molar-refractivity contribution is -0.121. The van der Waals surface area contributed by atoms with E-state index in [1.807, 2.05) is 4.90 Å². The molecule has 0 bridgehead atoms. The Kier molecular flexibility index (Phi) is 5.71. The number of hydrogen-bond acceptors (Lipinski definition) is 5. The number of nitrogens with two attached hydrogens (primary N) is 1. The number of hydrogen-bond donors (Lipinski definition) is 3. The van der Waals surface area contributed by atoms with Crippen LogP contribution >= 0.6 is 0 Å². The largest absolute Gasteiger partial charge is 0.453 e. The summed E-state index contributed by atoms with van der Waals surface area (Å²) >= 11 is 0. The maximum Gasteiger partial charge on any atom is 0.407 e. The van der Waals surface area contributed by atoms with Crippen molar-refractivity contribution in [2.24, 2.45) is 5.73 Å². The molecule has 98 valence electrons. The summed E-state index contributed by atoms with van der Waals surface area (Å²) in [6.45, 7) is 2.75. The van der Waals surface area contributed by atoms with E-state index in [1.54, 1.807) is 0 Å². The number of likely N-dealkylation sites (tertiary alicyclic amines) is 1. The summed E-state index contributed by atoms with van der Waals surface area (Å²) in [7, 11) is 1.34. The number of carbonyl (C=O) groups excluding carboxylic acids is 2. The van der Waals surface area contributed by atoms with E-state index in [4.69, 9.17) is 5.73 Å². The van der Waals surface area contributed by atoms with Gasteiger partial charge in [0.1, 0.15) is 0 Å². The lowest BCUT2D eigenvalue weighted by Crippen LogP contribution is -2.41. The number of rotatable bonds is 5. The number of ether oxygens (including phenoxy) is 1. The van der Waals surface area contributed by atoms with Gasteiger partial charge >= 0.3 is 6.09 Å². The van der Waals surface area contributed by atoms with Crippen molar-refractivity contribution in [2.75, 3.05) is 39.8 Å². The fourth-order valence-corrected chi connectivity index (χ4v) is 1.79. The number of amides is 2. The maximum absolute atomic E-state index is 11.4. The summed E-state index contributed by atoms with van der Waals surface area (Å²) in [5.74, 6) is -0.0332. The second kappa shape index (κ2) is 7.08. The van der Waals surface area contributed by atoms with Gasteiger partial charge in [-0.3, -0.25) is 9.69 Å². The third kappa shape index (κ3) is 5.01. The number of alkyl carbamates (subject to hydrolysis) is 1. The highest BCUT2D eigenvalue weighted by molar-refractivity contribution is 5.78. The van der Waals surface area contributed by atoms with Crippen LogP contribution in [0.5, 0.6) is 0 Å². The smallest absolute Gasteiger partial charge is 0.407 e. The molecule has 0 aliphatic carbocycles. The molecular formula is C10H20N4O3. The average Bonchev–Trinajstić information content (AvgIpc) is 2.73. The van der Waals surface area contributed by atoms with Crippen molar-refractivity contribution in [1.29, 1.82) is 0 Å². The molecule has 1 aliphatic rings. The van der Waals surface area contributed by atoms with E-state index in [1.165, 1.54) is 7.11 Å². The number of nitrogens with one attached hydrogen (secondary N) is 2. The Labute approximate surface area is 101 Å². The van der Waals surface area contributed by atoms with E-state index in [0.717, 1.165) is 13.0 Å². The molecule has 1 aliphatic heterocycles. The normalized spacial score (nSPS) is 20.0. The lowest BCUT2D eigenvalue weighted by Gasteiger charge is -2.15. The summed E-state index contributed by atoms with van der Waals surface area (Å²) in [5.41, 5.74) is 5.29. The van der Waals surface area contributed by atoms with Gasteiger partial charge in [0, 0.05) is 32.2 Å². The van der Waals surface area contributed by atoms with Crippen molar-refractivity contribution in [3.8, 4) is 0 Å². The third-order valence-corrected chi connectivity index (χ3v) is 2.61. The van der Waals surface area contributed by atoms with E-state index in [0.29, 0.717) is 26.2 Å². The Morgan fingerprint density at radius 2 is 2.29 bits per heavy atom. The SMILES string of the molecule is COC(=O)NC1CCN(CC(=O)NCCN)C1. The number of methoxy groups -OCH3 is 1. The van der Waals surface area contributed by atoms with Crippen LogP contribution in [0.3, 0.4) is 0 Å². The molecule has 1 saturated heterocycles. The Bertz CT molecular complexity index is 272. The Hall–Kier alpha value is -1.34. The van der Waals surface area contributed by atoms with Crippen LogP contribution in [0.1, 0.15) is 6.42 Å². The van der Waals surface area contributed by atoms with E-state index < -0.39 is 6.09 Å². The van der Waals surface area contributed by atoms with Crippen LogP contribution in [0.4, 0.5) is 4.79 Å². The second-order valence-corrected chi connectivity index (χ2v) is 4.00. The summed E-state index contributed by atoms with van der Waals surface area (Å²) in [6, 6.07) is 0.0600. The summed E-state index contributed by atoms with van der Waals surface area (Å²) in [6.07, 6.45) is 0.406. The molecule has 7 heteroatoms. The van der Waals surface area contributed by atoms with Gasteiger partial charge in [0.25, 0.3) is 0 Å². The highest BCUT2D eigenvalue weighted by atomic mass is 16.5. The number of nitrogens with zero attached hydrogens (tertiary/aromatic N) is 1. The summed E-state index contributed by atoms with van der Waals surface area (Å²) in [4.78, 5) is 24.4. The molecule has 1 unspecified atom stereocenters. The lowest BCUT2D eigenvalue weighted by atomic mass is 10.3. The molecule has 0 saturated carbocycles. The first-order chi connectivity index (χ1) is 8.15. The second-order valence-electron chi connectivity index (χ2n) is 4.00. The van der Waals surface area contributed by atoms with Crippen molar-refractivity contribution in [3.63, 3.8) is 0 Å². The Morgan fingerprint density at radius 3 is 2.94 bits per heavy atom. The predicted molar refractivity (Wildman–Crippen MR) is 62.4 cm³/mol. The quantitative estimate of drug-likeness (QED) is 0.546. The zero-order chi connectivity index (χ0) is 12.7. The highest BCUT2D eigenvalue weighted by Gasteiger charge is 2.25. The molecule has 0 spiro atoms. The molecule has 0 aromatic heterocycles. The molecule has 0 aromatic carbocycles. The van der Waals surface area contributed by atoms with E-state index in [2.05, 4.69) is 15.4 Å². The first-order valence-electron chi connectivity index (χ1n) is 5.69. The fourth-order valence-electron chi connectivity index (χ4n) is 1.79. The molecule has 17 heavy (non-hydrogen) atoms. The fraction of sp³-hybridized carbons (Fsp3) is 0.800. The van der Waals surface area contributed by atoms with Gasteiger partial charge in [-0.05, 0) is 6.42 Å². The Morgan fingerprint density at radius 1 is 1.53 bits per heavy atom. The van der Waals surface area contributed by atoms with Crippen molar-refractivity contribution in [3.05, 3.63) is 0 Å². The molecule has 2 amide bonds. The van der Waals surface area contributed by atoms with Crippen molar-refractivity contribution < 1.29 is 14.3 Å². The minimum atomic E-state index is -0.426. The molecule has 1 rings (SSSR count). The topological polar surface area (TPSA) is 96.7 Å². The average molecular weight is 244 g/mol. The van der Waals surface area contributed by atoms with Crippen molar-refractivity contribution in [2.45, 2.75) is 12.5 Å². The maximum atomic E-state index is 11.4. The monoisotopic (exact) mass is 244 g/mol. The summed E-state index contributed by atoms with van der Waals surface area (Å²) in [5, 5.41) is 5.43. The molecule has 0 aromatic rings. The Balaban J connectivity index is 2.21. The van der Waals surface area contributed by atoms with Crippen molar-refractivity contribution >= 4 is 12.0 Å². The molecular weight excluding hydrogens is 224 g/mol. The summed E-state index contributed by atoms with van der Waals surface area (Å²) < 4.78 is 4.52. The highest BCUT2D eigenvalue weighted by Crippen LogP contribution is 2.08. The first kappa shape index (κ1) is 13.7. The number of carbonyl (C=O) groups is 2. The first-order valence-corrected chi connectivity index (χ1v) is 5.69. The molecule has 1 atom stereocenters. The van der Waals surface area contributed by atoms with Gasteiger partial charge in [-0.15, -0.1) is 0 Å². The standard InChI is InChI=1S/C10H20N4O3/c1-17-10(16)13-8-2-5-14(6-8)7-9(15)12-4-3-11/h8H,2-7,11H2,1H3,(H,12,15)(H,13,16). The van der Waals surface area contributed by atoms with Crippen LogP contribution in [0.2, 0.25) is 0 Å². The predicted octanol–water partition coefficient (Wildman–Crippen LogP) is -1.51. The van der Waals surface area contributed by atoms with Gasteiger partial charge in [-0.2, -0.15) is 0 Å². The van der Waals surface area contributed by atoms with Gasteiger partial charge in [-0.25, -0.2) is 4.79 Å². The van der Waals surface area contributed by atoms with E-state index in [9.17, 15) is 9.59 Å². The van der Waals surface area contributed by atoms with Crippen LogP contribution in [0.25, 0.3) is 0 Å². The zero-order valence-electron chi connectivity index (χ0n) is 10.1. The van der Waals surface area contributed by atoms with Crippen LogP contribution < -0.4 is 16.4 Å². The molecule has 1 heterocycles. The zero-order valence-corrected chi connectivity index (χ0v) is 10.1. The van der Waals surface area contributed by atoms with Crippen LogP contribution in [0.15, 0.2) is 0 Å². The molecule has 4 N–H and O–H groups in total. The van der Waals surface area contributed by atoms with Crippen molar-refractivity contribution in [1.82, 2.24) is 15.5 Å². The molecule has 0 radical (unpaired) electrons. The third-order valence-electron chi connectivity index (χ3n) is 2.61. The van der Waals surface area contributed by atoms with Gasteiger partial charge in [0.2, 0.25) is 5.91 Å². The van der Waals surface area contributed by atoms with E-state index in [-0.39, 0.29) is 11.9 Å². The van der Waals surface area contributed by atoms with Crippen LogP contribution in [-0.2, 0) is 9.53 Å². The molecule has 7 nitrogen and oxygen atoms in total. The molecule has 1 fully saturated rings. The van der Waals surface area contributed by atoms with Gasteiger partial charge in [-0.1, -0.05) is 0 Å². The van der Waals surface area contributed by atoms with E-state index >= 15 is 0 Å². The van der Waals surface area contributed by atoms with Crippen LogP contribution in [-0.4, -0.2) is 62.8 Å². The van der Waals surface area contributed by atoms with Gasteiger partial charge < -0.3 is 21.1 Å². The minimum Gasteiger partial charge on any atom is -0.453 e. The van der Waals surface area contributed by atoms with Crippen LogP contribution in [0, 0.1) is 0 Å². The van der Waals surface area contributed by atoms with Gasteiger partial charge in [0.15, 0.2) is 0 Å².